The second kappa shape index (κ2) is 10.5. The Kier molecular flexibility index (Phi) is 7.21. The number of carbonyl (C=O) groups is 2. The summed E-state index contributed by atoms with van der Waals surface area (Å²) in [5, 5.41) is 5.66. The van der Waals surface area contributed by atoms with Gasteiger partial charge in [-0.15, -0.1) is 0 Å². The first-order valence-electron chi connectivity index (χ1n) is 11.1. The maximum Gasteiger partial charge on any atom is 0.317 e. The highest BCUT2D eigenvalue weighted by Gasteiger charge is 2.22. The van der Waals surface area contributed by atoms with Gasteiger partial charge in [0.15, 0.2) is 0 Å². The third-order valence-electron chi connectivity index (χ3n) is 5.87. The molecule has 1 heterocycles. The molecule has 0 saturated carbocycles. The SMILES string of the molecule is O=C(CN1CCN(C(=O)NCCOc2ccc3c(c2)CCC3)CC1)Nc1ccc(F)cc1. The van der Waals surface area contributed by atoms with Crippen LogP contribution in [0.3, 0.4) is 0 Å². The maximum absolute atomic E-state index is 13.0. The van der Waals surface area contributed by atoms with Gasteiger partial charge in [0.05, 0.1) is 13.1 Å². The van der Waals surface area contributed by atoms with Crippen molar-refractivity contribution in [1.82, 2.24) is 15.1 Å². The maximum atomic E-state index is 13.0. The van der Waals surface area contributed by atoms with Crippen LogP contribution in [0, 0.1) is 5.82 Å². The first-order chi connectivity index (χ1) is 15.6. The average Bonchev–Trinajstić information content (AvgIpc) is 3.26. The predicted molar refractivity (Wildman–Crippen MR) is 120 cm³/mol. The van der Waals surface area contributed by atoms with E-state index in [1.54, 1.807) is 4.90 Å². The molecule has 0 spiro atoms. The Hall–Kier alpha value is -3.13. The zero-order valence-electron chi connectivity index (χ0n) is 18.1. The van der Waals surface area contributed by atoms with Crippen LogP contribution in [0.15, 0.2) is 42.5 Å². The summed E-state index contributed by atoms with van der Waals surface area (Å²) in [6.45, 7) is 3.46. The van der Waals surface area contributed by atoms with Crippen molar-refractivity contribution in [1.29, 1.82) is 0 Å². The number of halogens is 1. The Morgan fingerprint density at radius 2 is 1.72 bits per heavy atom. The van der Waals surface area contributed by atoms with Gasteiger partial charge < -0.3 is 20.3 Å². The second-order valence-electron chi connectivity index (χ2n) is 8.18. The van der Waals surface area contributed by atoms with E-state index in [9.17, 15) is 14.0 Å². The fourth-order valence-corrected chi connectivity index (χ4v) is 4.12. The zero-order chi connectivity index (χ0) is 22.3. The number of nitrogens with zero attached hydrogens (tertiary/aromatic N) is 2. The van der Waals surface area contributed by atoms with Crippen molar-refractivity contribution >= 4 is 17.6 Å². The molecule has 2 N–H and O–H groups in total. The Morgan fingerprint density at radius 1 is 0.969 bits per heavy atom. The summed E-state index contributed by atoms with van der Waals surface area (Å²) < 4.78 is 18.7. The van der Waals surface area contributed by atoms with Crippen LogP contribution in [0.5, 0.6) is 5.75 Å². The van der Waals surface area contributed by atoms with Crippen LogP contribution in [0.25, 0.3) is 0 Å². The molecule has 2 aromatic rings. The number of fused-ring (bicyclic) bond motifs is 1. The van der Waals surface area contributed by atoms with Gasteiger partial charge in [-0.3, -0.25) is 9.69 Å². The number of hydrogen-bond donors (Lipinski definition) is 2. The van der Waals surface area contributed by atoms with Crippen LogP contribution in [0.2, 0.25) is 0 Å². The lowest BCUT2D eigenvalue weighted by molar-refractivity contribution is -0.117. The molecule has 1 aliphatic heterocycles. The van der Waals surface area contributed by atoms with E-state index in [1.165, 1.54) is 41.8 Å². The molecular formula is C24H29FN4O3. The monoisotopic (exact) mass is 440 g/mol. The molecule has 1 fully saturated rings. The molecule has 2 aliphatic rings. The summed E-state index contributed by atoms with van der Waals surface area (Å²) >= 11 is 0. The number of carbonyl (C=O) groups excluding carboxylic acids is 2. The lowest BCUT2D eigenvalue weighted by Gasteiger charge is -2.34. The highest BCUT2D eigenvalue weighted by molar-refractivity contribution is 5.92. The molecule has 170 valence electrons. The first-order valence-corrected chi connectivity index (χ1v) is 11.1. The predicted octanol–water partition coefficient (Wildman–Crippen LogP) is 2.66. The van der Waals surface area contributed by atoms with Gasteiger partial charge in [-0.2, -0.15) is 0 Å². The van der Waals surface area contributed by atoms with E-state index in [1.807, 2.05) is 11.0 Å². The van der Waals surface area contributed by atoms with Gasteiger partial charge in [0, 0.05) is 31.9 Å². The zero-order valence-corrected chi connectivity index (χ0v) is 18.1. The standard InChI is InChI=1S/C24H29FN4O3/c25-20-5-7-21(8-6-20)27-23(30)17-28-11-13-29(14-12-28)24(31)26-10-15-32-22-9-4-18-2-1-3-19(18)16-22/h4-9,16H,1-3,10-15,17H2,(H,26,31)(H,27,30). The number of hydrogen-bond acceptors (Lipinski definition) is 4. The number of benzene rings is 2. The molecule has 1 aliphatic carbocycles. The van der Waals surface area contributed by atoms with E-state index in [0.717, 1.165) is 18.6 Å². The van der Waals surface area contributed by atoms with Crippen molar-refractivity contribution in [3.05, 3.63) is 59.4 Å². The molecular weight excluding hydrogens is 411 g/mol. The molecule has 1 saturated heterocycles. The smallest absolute Gasteiger partial charge is 0.317 e. The van der Waals surface area contributed by atoms with Crippen molar-refractivity contribution in [2.45, 2.75) is 19.3 Å². The number of urea groups is 1. The Balaban J connectivity index is 1.11. The molecule has 32 heavy (non-hydrogen) atoms. The summed E-state index contributed by atoms with van der Waals surface area (Å²) in [7, 11) is 0. The number of nitrogens with one attached hydrogen (secondary N) is 2. The topological polar surface area (TPSA) is 73.9 Å². The average molecular weight is 441 g/mol. The van der Waals surface area contributed by atoms with Crippen LogP contribution < -0.4 is 15.4 Å². The minimum atomic E-state index is -0.341. The summed E-state index contributed by atoms with van der Waals surface area (Å²) in [5.41, 5.74) is 3.35. The lowest BCUT2D eigenvalue weighted by Crippen LogP contribution is -2.53. The Morgan fingerprint density at radius 3 is 2.50 bits per heavy atom. The van der Waals surface area contributed by atoms with E-state index in [0.29, 0.717) is 45.0 Å². The van der Waals surface area contributed by atoms with Crippen LogP contribution in [0.1, 0.15) is 17.5 Å². The van der Waals surface area contributed by atoms with Gasteiger partial charge in [0.2, 0.25) is 5.91 Å². The summed E-state index contributed by atoms with van der Waals surface area (Å²) in [5.74, 6) is 0.359. The van der Waals surface area contributed by atoms with E-state index in [2.05, 4.69) is 22.8 Å². The third kappa shape index (κ3) is 5.97. The second-order valence-corrected chi connectivity index (χ2v) is 8.18. The van der Waals surface area contributed by atoms with Crippen molar-refractivity contribution < 1.29 is 18.7 Å². The van der Waals surface area contributed by atoms with Crippen LogP contribution >= 0.6 is 0 Å². The van der Waals surface area contributed by atoms with Crippen LogP contribution in [0.4, 0.5) is 14.9 Å². The van der Waals surface area contributed by atoms with Crippen molar-refractivity contribution in [3.8, 4) is 5.75 Å². The largest absolute Gasteiger partial charge is 0.492 e. The number of ether oxygens (including phenoxy) is 1. The number of piperazine rings is 1. The van der Waals surface area contributed by atoms with Crippen LogP contribution in [-0.4, -0.2) is 67.6 Å². The van der Waals surface area contributed by atoms with Gasteiger partial charge in [0.25, 0.3) is 0 Å². The van der Waals surface area contributed by atoms with Crippen molar-refractivity contribution in [2.24, 2.45) is 0 Å². The first kappa shape index (κ1) is 22.1. The quantitative estimate of drug-likeness (QED) is 0.650. The number of rotatable bonds is 7. The normalized spacial score (nSPS) is 15.8. The van der Waals surface area contributed by atoms with Gasteiger partial charge in [0.1, 0.15) is 18.2 Å². The molecule has 0 aromatic heterocycles. The molecule has 0 unspecified atom stereocenters. The molecule has 0 bridgehead atoms. The van der Waals surface area contributed by atoms with Gasteiger partial charge >= 0.3 is 6.03 Å². The minimum Gasteiger partial charge on any atom is -0.492 e. The van der Waals surface area contributed by atoms with E-state index in [4.69, 9.17) is 4.74 Å². The van der Waals surface area contributed by atoms with E-state index in [-0.39, 0.29) is 24.3 Å². The van der Waals surface area contributed by atoms with E-state index < -0.39 is 0 Å². The fraction of sp³-hybridized carbons (Fsp3) is 0.417. The number of aryl methyl sites for hydroxylation is 2. The molecule has 4 rings (SSSR count). The Labute approximate surface area is 187 Å². The number of amides is 3. The Bertz CT molecular complexity index is 943. The molecule has 2 aromatic carbocycles. The van der Waals surface area contributed by atoms with Gasteiger partial charge in [-0.05, 0) is 66.8 Å². The van der Waals surface area contributed by atoms with Crippen molar-refractivity contribution in [3.63, 3.8) is 0 Å². The highest BCUT2D eigenvalue weighted by atomic mass is 19.1. The fourth-order valence-electron chi connectivity index (χ4n) is 4.12. The van der Waals surface area contributed by atoms with Crippen LogP contribution in [-0.2, 0) is 17.6 Å². The summed E-state index contributed by atoms with van der Waals surface area (Å²) in [6.07, 6.45) is 3.47. The molecule has 0 radical (unpaired) electrons. The van der Waals surface area contributed by atoms with E-state index >= 15 is 0 Å². The highest BCUT2D eigenvalue weighted by Crippen LogP contribution is 2.25. The third-order valence-corrected chi connectivity index (χ3v) is 5.87. The summed E-state index contributed by atoms with van der Waals surface area (Å²) in [4.78, 5) is 28.3. The molecule has 8 heteroatoms. The molecule has 0 atom stereocenters. The summed E-state index contributed by atoms with van der Waals surface area (Å²) in [6, 6.07) is 11.8. The van der Waals surface area contributed by atoms with Gasteiger partial charge in [-0.1, -0.05) is 6.07 Å². The minimum absolute atomic E-state index is 0.113. The van der Waals surface area contributed by atoms with Crippen molar-refractivity contribution in [2.75, 3.05) is 51.2 Å². The van der Waals surface area contributed by atoms with Gasteiger partial charge in [-0.25, -0.2) is 9.18 Å². The lowest BCUT2D eigenvalue weighted by atomic mass is 10.1. The number of anilines is 1. The molecule has 3 amide bonds. The molecule has 7 nitrogen and oxygen atoms in total.